The number of hydrogen-bond acceptors (Lipinski definition) is 4. The van der Waals surface area contributed by atoms with Gasteiger partial charge in [-0.3, -0.25) is 14.9 Å². The molecular formula is C26H17F3N4O3. The van der Waals surface area contributed by atoms with Gasteiger partial charge < -0.3 is 9.88 Å². The van der Waals surface area contributed by atoms with Crippen LogP contribution in [0.2, 0.25) is 0 Å². The molecule has 0 aliphatic heterocycles. The van der Waals surface area contributed by atoms with Gasteiger partial charge in [0.15, 0.2) is 0 Å². The molecule has 0 fully saturated rings. The fourth-order valence-corrected chi connectivity index (χ4v) is 3.72. The summed E-state index contributed by atoms with van der Waals surface area (Å²) in [7, 11) is 0. The maximum atomic E-state index is 13.0. The molecule has 3 aromatic carbocycles. The van der Waals surface area contributed by atoms with Gasteiger partial charge in [-0.2, -0.15) is 18.4 Å². The SMILES string of the molecule is N#C/C(=C/c1cn(Cc2ccc([N+](=O)[O-])cc2)c2ccccc12)C(=O)Nc1cccc(C(F)(F)F)c1. The van der Waals surface area contributed by atoms with Crippen LogP contribution in [0.15, 0.2) is 84.6 Å². The summed E-state index contributed by atoms with van der Waals surface area (Å²) in [6, 6.07) is 19.4. The molecule has 0 saturated heterocycles. The van der Waals surface area contributed by atoms with E-state index in [1.807, 2.05) is 28.8 Å². The second kappa shape index (κ2) is 9.76. The van der Waals surface area contributed by atoms with Crippen LogP contribution >= 0.6 is 0 Å². The van der Waals surface area contributed by atoms with E-state index in [1.54, 1.807) is 24.4 Å². The van der Waals surface area contributed by atoms with Crippen LogP contribution in [0.4, 0.5) is 24.5 Å². The van der Waals surface area contributed by atoms with Gasteiger partial charge in [-0.05, 0) is 35.9 Å². The molecule has 1 N–H and O–H groups in total. The van der Waals surface area contributed by atoms with Crippen molar-refractivity contribution in [2.24, 2.45) is 0 Å². The molecule has 36 heavy (non-hydrogen) atoms. The van der Waals surface area contributed by atoms with E-state index in [0.717, 1.165) is 28.6 Å². The number of benzene rings is 3. The number of amides is 1. The first-order valence-corrected chi connectivity index (χ1v) is 10.6. The zero-order chi connectivity index (χ0) is 25.9. The normalized spacial score (nSPS) is 11.8. The fourth-order valence-electron chi connectivity index (χ4n) is 3.72. The van der Waals surface area contributed by atoms with Crippen molar-refractivity contribution in [1.82, 2.24) is 4.57 Å². The first-order valence-electron chi connectivity index (χ1n) is 10.6. The molecule has 10 heteroatoms. The lowest BCUT2D eigenvalue weighted by Gasteiger charge is -2.09. The van der Waals surface area contributed by atoms with Crippen molar-refractivity contribution in [2.45, 2.75) is 12.7 Å². The summed E-state index contributed by atoms with van der Waals surface area (Å²) in [5.74, 6) is -0.843. The molecule has 1 aromatic heterocycles. The number of nitro groups is 1. The third-order valence-corrected chi connectivity index (χ3v) is 5.43. The zero-order valence-corrected chi connectivity index (χ0v) is 18.5. The van der Waals surface area contributed by atoms with Crippen molar-refractivity contribution in [3.63, 3.8) is 0 Å². The van der Waals surface area contributed by atoms with E-state index in [4.69, 9.17) is 0 Å². The highest BCUT2D eigenvalue weighted by molar-refractivity contribution is 6.10. The van der Waals surface area contributed by atoms with Gasteiger partial charge in [-0.15, -0.1) is 0 Å². The number of carbonyl (C=O) groups excluding carboxylic acids is 1. The number of hydrogen-bond donors (Lipinski definition) is 1. The molecule has 180 valence electrons. The van der Waals surface area contributed by atoms with Gasteiger partial charge in [0, 0.05) is 47.0 Å². The van der Waals surface area contributed by atoms with E-state index in [2.05, 4.69) is 5.32 Å². The molecule has 4 aromatic rings. The topological polar surface area (TPSA) is 101 Å². The predicted octanol–water partition coefficient (Wildman–Crippen LogP) is 6.16. The molecule has 0 aliphatic carbocycles. The number of nitrogens with zero attached hydrogens (tertiary/aromatic N) is 3. The summed E-state index contributed by atoms with van der Waals surface area (Å²) in [6.07, 6.45) is -1.46. The van der Waals surface area contributed by atoms with E-state index < -0.39 is 22.6 Å². The molecular weight excluding hydrogens is 473 g/mol. The van der Waals surface area contributed by atoms with Crippen LogP contribution in [-0.2, 0) is 17.5 Å². The van der Waals surface area contributed by atoms with Crippen LogP contribution < -0.4 is 5.32 Å². The van der Waals surface area contributed by atoms with Crippen molar-refractivity contribution in [3.8, 4) is 6.07 Å². The smallest absolute Gasteiger partial charge is 0.342 e. The second-order valence-electron chi connectivity index (χ2n) is 7.86. The highest BCUT2D eigenvalue weighted by atomic mass is 19.4. The molecule has 1 heterocycles. The maximum absolute atomic E-state index is 13.0. The summed E-state index contributed by atoms with van der Waals surface area (Å²) in [5.41, 5.74) is 0.852. The number of nitriles is 1. The number of nitrogens with one attached hydrogen (secondary N) is 1. The summed E-state index contributed by atoms with van der Waals surface area (Å²) in [5, 5.41) is 23.6. The highest BCUT2D eigenvalue weighted by Gasteiger charge is 2.30. The second-order valence-corrected chi connectivity index (χ2v) is 7.86. The molecule has 0 atom stereocenters. The molecule has 4 rings (SSSR count). The van der Waals surface area contributed by atoms with Gasteiger partial charge in [0.25, 0.3) is 11.6 Å². The molecule has 0 radical (unpaired) electrons. The lowest BCUT2D eigenvalue weighted by Crippen LogP contribution is -2.14. The van der Waals surface area contributed by atoms with Crippen LogP contribution in [0.3, 0.4) is 0 Å². The quantitative estimate of drug-likeness (QED) is 0.151. The van der Waals surface area contributed by atoms with Crippen LogP contribution in [0.25, 0.3) is 17.0 Å². The number of rotatable bonds is 6. The van der Waals surface area contributed by atoms with E-state index in [9.17, 15) is 33.3 Å². The molecule has 0 aliphatic rings. The Kier molecular flexibility index (Phi) is 6.56. The maximum Gasteiger partial charge on any atom is 0.416 e. The molecule has 0 unspecified atom stereocenters. The molecule has 0 bridgehead atoms. The van der Waals surface area contributed by atoms with E-state index >= 15 is 0 Å². The monoisotopic (exact) mass is 490 g/mol. The van der Waals surface area contributed by atoms with Crippen LogP contribution in [-0.4, -0.2) is 15.4 Å². The average molecular weight is 490 g/mol. The molecule has 1 amide bonds. The third kappa shape index (κ3) is 5.26. The molecule has 0 saturated carbocycles. The minimum absolute atomic E-state index is 0.0230. The van der Waals surface area contributed by atoms with Crippen molar-refractivity contribution < 1.29 is 22.9 Å². The molecule has 7 nitrogen and oxygen atoms in total. The highest BCUT2D eigenvalue weighted by Crippen LogP contribution is 2.31. The Hall–Kier alpha value is -4.91. The van der Waals surface area contributed by atoms with Crippen molar-refractivity contribution in [1.29, 1.82) is 5.26 Å². The lowest BCUT2D eigenvalue weighted by atomic mass is 10.1. The van der Waals surface area contributed by atoms with Crippen molar-refractivity contribution in [3.05, 3.63) is 111 Å². The summed E-state index contributed by atoms with van der Waals surface area (Å²) < 4.78 is 40.8. The number of fused-ring (bicyclic) bond motifs is 1. The van der Waals surface area contributed by atoms with Crippen LogP contribution in [0.1, 0.15) is 16.7 Å². The predicted molar refractivity (Wildman–Crippen MR) is 128 cm³/mol. The Morgan fingerprint density at radius 1 is 1.08 bits per heavy atom. The summed E-state index contributed by atoms with van der Waals surface area (Å²) in [6.45, 7) is 0.380. The van der Waals surface area contributed by atoms with Crippen molar-refractivity contribution in [2.75, 3.05) is 5.32 Å². The van der Waals surface area contributed by atoms with Gasteiger partial charge in [0.1, 0.15) is 11.6 Å². The lowest BCUT2D eigenvalue weighted by molar-refractivity contribution is -0.384. The van der Waals surface area contributed by atoms with E-state index in [-0.39, 0.29) is 16.9 Å². The minimum atomic E-state index is -4.57. The van der Waals surface area contributed by atoms with Gasteiger partial charge >= 0.3 is 6.18 Å². The first-order chi connectivity index (χ1) is 17.2. The number of nitro benzene ring substituents is 1. The Balaban J connectivity index is 1.64. The summed E-state index contributed by atoms with van der Waals surface area (Å²) in [4.78, 5) is 23.1. The van der Waals surface area contributed by atoms with E-state index in [0.29, 0.717) is 12.1 Å². The number of aromatic nitrogens is 1. The Bertz CT molecular complexity index is 1530. The number of alkyl halides is 3. The summed E-state index contributed by atoms with van der Waals surface area (Å²) >= 11 is 0. The van der Waals surface area contributed by atoms with Crippen LogP contribution in [0.5, 0.6) is 0 Å². The van der Waals surface area contributed by atoms with Gasteiger partial charge in [-0.1, -0.05) is 36.4 Å². The Morgan fingerprint density at radius 2 is 1.81 bits per heavy atom. The minimum Gasteiger partial charge on any atom is -0.342 e. The van der Waals surface area contributed by atoms with Crippen LogP contribution in [0, 0.1) is 21.4 Å². The number of anilines is 1. The largest absolute Gasteiger partial charge is 0.416 e. The fraction of sp³-hybridized carbons (Fsp3) is 0.0769. The number of para-hydroxylation sites is 1. The first kappa shape index (κ1) is 24.2. The standard InChI is InChI=1S/C26H17F3N4O3/c27-26(28,29)20-4-3-5-21(13-20)31-25(34)18(14-30)12-19-16-32(24-7-2-1-6-23(19)24)15-17-8-10-22(11-9-17)33(35)36/h1-13,16H,15H2,(H,31,34)/b18-12-. The number of carbonyl (C=O) groups is 1. The number of non-ortho nitro benzene ring substituents is 1. The van der Waals surface area contributed by atoms with Gasteiger partial charge in [-0.25, -0.2) is 0 Å². The van der Waals surface area contributed by atoms with E-state index in [1.165, 1.54) is 30.3 Å². The van der Waals surface area contributed by atoms with Crippen molar-refractivity contribution >= 4 is 34.3 Å². The Morgan fingerprint density at radius 3 is 2.47 bits per heavy atom. The average Bonchev–Trinajstić information content (AvgIpc) is 3.19. The molecule has 0 spiro atoms. The Labute approximate surface area is 202 Å². The number of halogens is 3. The zero-order valence-electron chi connectivity index (χ0n) is 18.5. The third-order valence-electron chi connectivity index (χ3n) is 5.43. The van der Waals surface area contributed by atoms with Gasteiger partial charge in [0.2, 0.25) is 0 Å². The van der Waals surface area contributed by atoms with Gasteiger partial charge in [0.05, 0.1) is 10.5 Å².